The molecule has 0 bridgehead atoms. The minimum absolute atomic E-state index is 0.180. The Morgan fingerprint density at radius 2 is 2.14 bits per heavy atom. The minimum Gasteiger partial charge on any atom is -0.370 e. The first-order valence-electron chi connectivity index (χ1n) is 7.33. The van der Waals surface area contributed by atoms with Crippen molar-refractivity contribution in [2.24, 2.45) is 0 Å². The van der Waals surface area contributed by atoms with E-state index in [0.29, 0.717) is 6.42 Å². The molecule has 2 rings (SSSR count). The summed E-state index contributed by atoms with van der Waals surface area (Å²) in [5.41, 5.74) is 0.0471. The molecule has 0 radical (unpaired) electrons. The molecule has 0 aliphatic carbocycles. The number of rotatable bonds is 6. The van der Waals surface area contributed by atoms with Gasteiger partial charge in [0, 0.05) is 18.3 Å². The smallest absolute Gasteiger partial charge is 0.325 e. The van der Waals surface area contributed by atoms with Crippen LogP contribution in [-0.2, 0) is 11.3 Å². The van der Waals surface area contributed by atoms with Crippen molar-refractivity contribution in [3.05, 3.63) is 23.9 Å². The van der Waals surface area contributed by atoms with Gasteiger partial charge in [0.05, 0.1) is 6.54 Å². The zero-order valence-corrected chi connectivity index (χ0v) is 12.8. The highest BCUT2D eigenvalue weighted by atomic mass is 16.2. The summed E-state index contributed by atoms with van der Waals surface area (Å²) in [6.07, 6.45) is 3.25. The number of amides is 3. The average Bonchev–Trinajstić information content (AvgIpc) is 2.70. The van der Waals surface area contributed by atoms with E-state index in [0.717, 1.165) is 24.3 Å². The average molecular weight is 290 g/mol. The van der Waals surface area contributed by atoms with Gasteiger partial charge >= 0.3 is 6.03 Å². The Bertz CT molecular complexity index is 546. The highest BCUT2D eigenvalue weighted by molar-refractivity contribution is 6.06. The summed E-state index contributed by atoms with van der Waals surface area (Å²) >= 11 is 0. The quantitative estimate of drug-likeness (QED) is 0.787. The molecule has 1 saturated heterocycles. The number of urea groups is 1. The Morgan fingerprint density at radius 1 is 1.38 bits per heavy atom. The normalized spacial score (nSPS) is 21.6. The van der Waals surface area contributed by atoms with Crippen LogP contribution in [0.15, 0.2) is 18.3 Å². The van der Waals surface area contributed by atoms with Gasteiger partial charge in [-0.1, -0.05) is 19.9 Å². The van der Waals surface area contributed by atoms with Crippen molar-refractivity contribution < 1.29 is 9.59 Å². The van der Waals surface area contributed by atoms with Crippen molar-refractivity contribution >= 4 is 17.8 Å². The van der Waals surface area contributed by atoms with Gasteiger partial charge in [-0.05, 0) is 25.8 Å². The standard InChI is InChI=1S/C15H22N4O2/c1-4-8-16-12-11(7-6-9-17-12)10-19-13(20)15(3,5-2)18-14(19)21/h6-7,9H,4-5,8,10H2,1-3H3,(H,16,17)(H,18,21). The summed E-state index contributed by atoms with van der Waals surface area (Å²) < 4.78 is 0. The maximum atomic E-state index is 12.4. The van der Waals surface area contributed by atoms with Gasteiger partial charge in [0.2, 0.25) is 0 Å². The maximum absolute atomic E-state index is 12.4. The molecule has 1 aromatic heterocycles. The lowest BCUT2D eigenvalue weighted by atomic mass is 9.99. The Hall–Kier alpha value is -2.11. The first-order valence-corrected chi connectivity index (χ1v) is 7.33. The van der Waals surface area contributed by atoms with Crippen molar-refractivity contribution in [2.45, 2.75) is 45.7 Å². The van der Waals surface area contributed by atoms with E-state index in [1.165, 1.54) is 4.90 Å². The highest BCUT2D eigenvalue weighted by Crippen LogP contribution is 2.24. The molecule has 1 aliphatic heterocycles. The van der Waals surface area contributed by atoms with Crippen LogP contribution < -0.4 is 10.6 Å². The number of nitrogens with zero attached hydrogens (tertiary/aromatic N) is 2. The number of imide groups is 1. The molecule has 2 heterocycles. The largest absolute Gasteiger partial charge is 0.370 e. The fourth-order valence-corrected chi connectivity index (χ4v) is 2.27. The van der Waals surface area contributed by atoms with Crippen LogP contribution in [-0.4, -0.2) is 33.9 Å². The molecular formula is C15H22N4O2. The van der Waals surface area contributed by atoms with Crippen LogP contribution in [0.4, 0.5) is 10.6 Å². The molecule has 1 aliphatic rings. The van der Waals surface area contributed by atoms with E-state index in [2.05, 4.69) is 22.5 Å². The van der Waals surface area contributed by atoms with Gasteiger partial charge in [-0.25, -0.2) is 9.78 Å². The fraction of sp³-hybridized carbons (Fsp3) is 0.533. The third-order valence-electron chi connectivity index (χ3n) is 3.81. The third-order valence-corrected chi connectivity index (χ3v) is 3.81. The predicted octanol–water partition coefficient (Wildman–Crippen LogP) is 2.12. The first-order chi connectivity index (χ1) is 10.0. The maximum Gasteiger partial charge on any atom is 0.325 e. The number of pyridine rings is 1. The van der Waals surface area contributed by atoms with E-state index >= 15 is 0 Å². The summed E-state index contributed by atoms with van der Waals surface area (Å²) in [7, 11) is 0. The van der Waals surface area contributed by atoms with Crippen LogP contribution in [0.5, 0.6) is 0 Å². The van der Waals surface area contributed by atoms with Gasteiger partial charge in [-0.15, -0.1) is 0 Å². The van der Waals surface area contributed by atoms with Crippen molar-refractivity contribution in [1.82, 2.24) is 15.2 Å². The second-order valence-electron chi connectivity index (χ2n) is 5.45. The van der Waals surface area contributed by atoms with Gasteiger partial charge in [-0.2, -0.15) is 0 Å². The van der Waals surface area contributed by atoms with Crippen LogP contribution in [0.3, 0.4) is 0 Å². The molecule has 2 N–H and O–H groups in total. The second kappa shape index (κ2) is 6.11. The van der Waals surface area contributed by atoms with Gasteiger partial charge < -0.3 is 10.6 Å². The summed E-state index contributed by atoms with van der Waals surface area (Å²) in [6.45, 7) is 6.75. The van der Waals surface area contributed by atoms with Gasteiger partial charge in [-0.3, -0.25) is 9.69 Å². The molecular weight excluding hydrogens is 268 g/mol. The molecule has 0 spiro atoms. The lowest BCUT2D eigenvalue weighted by Gasteiger charge is -2.20. The molecule has 1 fully saturated rings. The summed E-state index contributed by atoms with van der Waals surface area (Å²) in [5.74, 6) is 0.547. The number of carbonyl (C=O) groups excluding carboxylic acids is 2. The SMILES string of the molecule is CCCNc1ncccc1CN1C(=O)NC(C)(CC)C1=O. The molecule has 6 nitrogen and oxygen atoms in total. The fourth-order valence-electron chi connectivity index (χ4n) is 2.27. The summed E-state index contributed by atoms with van der Waals surface area (Å²) in [6, 6.07) is 3.35. The molecule has 0 saturated carbocycles. The summed E-state index contributed by atoms with van der Waals surface area (Å²) in [5, 5.41) is 5.98. The van der Waals surface area contributed by atoms with Gasteiger partial charge in [0.15, 0.2) is 0 Å². The number of carbonyl (C=O) groups is 2. The Kier molecular flexibility index (Phi) is 4.45. The topological polar surface area (TPSA) is 74.3 Å². The molecule has 21 heavy (non-hydrogen) atoms. The van der Waals surface area contributed by atoms with E-state index in [4.69, 9.17) is 0 Å². The molecule has 3 amide bonds. The lowest BCUT2D eigenvalue weighted by molar-refractivity contribution is -0.131. The van der Waals surface area contributed by atoms with E-state index in [1.807, 2.05) is 19.1 Å². The molecule has 0 aromatic carbocycles. The van der Waals surface area contributed by atoms with Crippen molar-refractivity contribution in [3.63, 3.8) is 0 Å². The number of anilines is 1. The van der Waals surface area contributed by atoms with Crippen molar-refractivity contribution in [2.75, 3.05) is 11.9 Å². The van der Waals surface area contributed by atoms with Crippen LogP contribution >= 0.6 is 0 Å². The van der Waals surface area contributed by atoms with E-state index in [9.17, 15) is 9.59 Å². The van der Waals surface area contributed by atoms with E-state index in [-0.39, 0.29) is 18.5 Å². The Morgan fingerprint density at radius 3 is 2.76 bits per heavy atom. The minimum atomic E-state index is -0.795. The monoisotopic (exact) mass is 290 g/mol. The Balaban J connectivity index is 2.19. The number of hydrogen-bond donors (Lipinski definition) is 2. The predicted molar refractivity (Wildman–Crippen MR) is 80.8 cm³/mol. The molecule has 1 aromatic rings. The number of hydrogen-bond acceptors (Lipinski definition) is 4. The first kappa shape index (κ1) is 15.3. The van der Waals surface area contributed by atoms with E-state index < -0.39 is 5.54 Å². The summed E-state index contributed by atoms with van der Waals surface area (Å²) in [4.78, 5) is 30.0. The van der Waals surface area contributed by atoms with Crippen molar-refractivity contribution in [1.29, 1.82) is 0 Å². The zero-order valence-electron chi connectivity index (χ0n) is 12.8. The van der Waals surface area contributed by atoms with E-state index in [1.54, 1.807) is 13.1 Å². The zero-order chi connectivity index (χ0) is 15.5. The van der Waals surface area contributed by atoms with Gasteiger partial charge in [0.1, 0.15) is 11.4 Å². The molecule has 6 heteroatoms. The second-order valence-corrected chi connectivity index (χ2v) is 5.45. The third kappa shape index (κ3) is 2.99. The molecule has 114 valence electrons. The highest BCUT2D eigenvalue weighted by Gasteiger charge is 2.46. The molecule has 1 atom stereocenters. The Labute approximate surface area is 124 Å². The van der Waals surface area contributed by atoms with Crippen LogP contribution in [0.1, 0.15) is 39.2 Å². The van der Waals surface area contributed by atoms with Crippen LogP contribution in [0.25, 0.3) is 0 Å². The van der Waals surface area contributed by atoms with Crippen LogP contribution in [0, 0.1) is 0 Å². The van der Waals surface area contributed by atoms with Crippen molar-refractivity contribution in [3.8, 4) is 0 Å². The molecule has 1 unspecified atom stereocenters. The lowest BCUT2D eigenvalue weighted by Crippen LogP contribution is -2.43. The van der Waals surface area contributed by atoms with Crippen LogP contribution in [0.2, 0.25) is 0 Å². The number of aromatic nitrogens is 1. The van der Waals surface area contributed by atoms with Gasteiger partial charge in [0.25, 0.3) is 5.91 Å². The number of nitrogens with one attached hydrogen (secondary N) is 2.